The number of piperidine rings is 1. The summed E-state index contributed by atoms with van der Waals surface area (Å²) in [7, 11) is -0.448. The largest absolute Gasteiger partial charge is 0.493 e. The molecule has 32 heavy (non-hydrogen) atoms. The van der Waals surface area contributed by atoms with E-state index in [4.69, 9.17) is 9.47 Å². The first-order valence-electron chi connectivity index (χ1n) is 10.9. The van der Waals surface area contributed by atoms with Crippen molar-refractivity contribution in [2.45, 2.75) is 50.0 Å². The molecule has 0 aromatic heterocycles. The molecule has 0 radical (unpaired) electrons. The van der Waals surface area contributed by atoms with Gasteiger partial charge >= 0.3 is 0 Å². The van der Waals surface area contributed by atoms with Crippen molar-refractivity contribution in [3.05, 3.63) is 53.6 Å². The molecule has 1 aliphatic heterocycles. The van der Waals surface area contributed by atoms with E-state index in [0.29, 0.717) is 37.4 Å². The van der Waals surface area contributed by atoms with E-state index in [1.54, 1.807) is 38.5 Å². The molecule has 7 nitrogen and oxygen atoms in total. The highest BCUT2D eigenvalue weighted by atomic mass is 32.2. The monoisotopic (exact) mass is 460 g/mol. The second-order valence-corrected chi connectivity index (χ2v) is 9.96. The minimum atomic E-state index is -3.62. The highest BCUT2D eigenvalue weighted by Gasteiger charge is 2.34. The molecule has 1 heterocycles. The Hall–Kier alpha value is -2.58. The van der Waals surface area contributed by atoms with Crippen LogP contribution in [0.4, 0.5) is 0 Å². The highest BCUT2D eigenvalue weighted by molar-refractivity contribution is 7.89. The Labute approximate surface area is 190 Å². The van der Waals surface area contributed by atoms with Crippen LogP contribution in [0.15, 0.2) is 47.4 Å². The molecule has 174 valence electrons. The molecule has 1 atom stereocenters. The predicted octanol–water partition coefficient (Wildman–Crippen LogP) is 3.30. The molecular weight excluding hydrogens is 428 g/mol. The summed E-state index contributed by atoms with van der Waals surface area (Å²) >= 11 is 0. The number of carbonyl (C=O) groups is 1. The number of aryl methyl sites for hydroxylation is 1. The van der Waals surface area contributed by atoms with Gasteiger partial charge in [0.15, 0.2) is 11.5 Å². The van der Waals surface area contributed by atoms with Gasteiger partial charge < -0.3 is 14.8 Å². The van der Waals surface area contributed by atoms with Gasteiger partial charge in [-0.3, -0.25) is 4.79 Å². The molecule has 1 fully saturated rings. The van der Waals surface area contributed by atoms with E-state index in [9.17, 15) is 13.2 Å². The van der Waals surface area contributed by atoms with Gasteiger partial charge in [-0.15, -0.1) is 0 Å². The number of carbonyl (C=O) groups excluding carboxylic acids is 1. The molecule has 0 aliphatic carbocycles. The van der Waals surface area contributed by atoms with Gasteiger partial charge in [0.25, 0.3) is 0 Å². The summed E-state index contributed by atoms with van der Waals surface area (Å²) in [6.07, 6.45) is 3.22. The molecule has 8 heteroatoms. The zero-order valence-corrected chi connectivity index (χ0v) is 19.8. The summed E-state index contributed by atoms with van der Waals surface area (Å²) < 4.78 is 38.4. The number of rotatable bonds is 9. The number of sulfonamides is 1. The minimum Gasteiger partial charge on any atom is -0.493 e. The van der Waals surface area contributed by atoms with E-state index in [2.05, 4.69) is 5.32 Å². The van der Waals surface area contributed by atoms with Crippen molar-refractivity contribution in [1.82, 2.24) is 9.62 Å². The third kappa shape index (κ3) is 5.81. The van der Waals surface area contributed by atoms with E-state index in [-0.39, 0.29) is 23.3 Å². The minimum absolute atomic E-state index is 0.138. The van der Waals surface area contributed by atoms with Gasteiger partial charge in [0.2, 0.25) is 15.9 Å². The Morgan fingerprint density at radius 1 is 1.06 bits per heavy atom. The molecule has 1 amide bonds. The Morgan fingerprint density at radius 2 is 1.78 bits per heavy atom. The molecular formula is C24H32N2O5S. The topological polar surface area (TPSA) is 84.9 Å². The van der Waals surface area contributed by atoms with Crippen LogP contribution in [0.5, 0.6) is 11.5 Å². The van der Waals surface area contributed by atoms with E-state index < -0.39 is 10.0 Å². The van der Waals surface area contributed by atoms with Gasteiger partial charge in [-0.1, -0.05) is 30.2 Å². The van der Waals surface area contributed by atoms with Crippen LogP contribution in [0.1, 0.15) is 36.8 Å². The van der Waals surface area contributed by atoms with Crippen LogP contribution in [0.3, 0.4) is 0 Å². The maximum Gasteiger partial charge on any atom is 0.243 e. The van der Waals surface area contributed by atoms with Gasteiger partial charge in [-0.25, -0.2) is 8.42 Å². The summed E-state index contributed by atoms with van der Waals surface area (Å²) in [5.41, 5.74) is 2.03. The third-order valence-electron chi connectivity index (χ3n) is 5.81. The standard InChI is InChI=1S/C24H32N2O5S/c1-18-7-10-21(11-8-18)32(28,29)26-15-5-4-6-20(26)17-24(27)25-14-13-19-9-12-22(30-2)23(16-19)31-3/h7-12,16,20H,4-6,13-15,17H2,1-3H3,(H,25,27). The predicted molar refractivity (Wildman–Crippen MR) is 124 cm³/mol. The Kier molecular flexibility index (Phi) is 8.15. The van der Waals surface area contributed by atoms with Gasteiger partial charge in [0.1, 0.15) is 0 Å². The van der Waals surface area contributed by atoms with Gasteiger partial charge in [0.05, 0.1) is 19.1 Å². The van der Waals surface area contributed by atoms with Crippen molar-refractivity contribution in [3.8, 4) is 11.5 Å². The number of nitrogens with one attached hydrogen (secondary N) is 1. The molecule has 1 N–H and O–H groups in total. The van der Waals surface area contributed by atoms with Gasteiger partial charge in [-0.2, -0.15) is 4.31 Å². The zero-order chi connectivity index (χ0) is 23.1. The number of hydrogen-bond acceptors (Lipinski definition) is 5. The SMILES string of the molecule is COc1ccc(CCNC(=O)CC2CCCCN2S(=O)(=O)c2ccc(C)cc2)cc1OC. The first kappa shape index (κ1) is 24.1. The summed E-state index contributed by atoms with van der Waals surface area (Å²) in [5.74, 6) is 1.17. The quantitative estimate of drug-likeness (QED) is 0.621. The number of methoxy groups -OCH3 is 2. The molecule has 3 rings (SSSR count). The van der Waals surface area contributed by atoms with Crippen LogP contribution in [-0.4, -0.2) is 52.0 Å². The van der Waals surface area contributed by atoms with Crippen molar-refractivity contribution in [2.75, 3.05) is 27.3 Å². The lowest BCUT2D eigenvalue weighted by atomic mass is 10.0. The fourth-order valence-corrected chi connectivity index (χ4v) is 5.70. The molecule has 0 spiro atoms. The lowest BCUT2D eigenvalue weighted by Gasteiger charge is -2.34. The highest BCUT2D eigenvalue weighted by Crippen LogP contribution is 2.28. The average Bonchev–Trinajstić information content (AvgIpc) is 2.79. The summed E-state index contributed by atoms with van der Waals surface area (Å²) in [4.78, 5) is 12.9. The summed E-state index contributed by atoms with van der Waals surface area (Å²) in [6.45, 7) is 2.83. The van der Waals surface area contributed by atoms with Crippen LogP contribution in [-0.2, 0) is 21.2 Å². The Balaban J connectivity index is 1.59. The van der Waals surface area contributed by atoms with Crippen molar-refractivity contribution in [2.24, 2.45) is 0 Å². The smallest absolute Gasteiger partial charge is 0.243 e. The number of amides is 1. The molecule has 1 aliphatic rings. The van der Waals surface area contributed by atoms with Gasteiger partial charge in [0, 0.05) is 25.6 Å². The number of ether oxygens (including phenoxy) is 2. The molecule has 0 saturated carbocycles. The number of hydrogen-bond donors (Lipinski definition) is 1. The summed E-state index contributed by atoms with van der Waals surface area (Å²) in [6, 6.07) is 12.2. The van der Waals surface area contributed by atoms with E-state index >= 15 is 0 Å². The first-order chi connectivity index (χ1) is 15.3. The van der Waals surface area contributed by atoms with Crippen LogP contribution >= 0.6 is 0 Å². The van der Waals surface area contributed by atoms with Crippen LogP contribution in [0, 0.1) is 6.92 Å². The summed E-state index contributed by atoms with van der Waals surface area (Å²) in [5, 5.41) is 2.93. The molecule has 1 unspecified atom stereocenters. The molecule has 2 aromatic rings. The van der Waals surface area contributed by atoms with E-state index in [1.165, 1.54) is 4.31 Å². The maximum absolute atomic E-state index is 13.2. The van der Waals surface area contributed by atoms with Crippen LogP contribution < -0.4 is 14.8 Å². The fraction of sp³-hybridized carbons (Fsp3) is 0.458. The van der Waals surface area contributed by atoms with Crippen molar-refractivity contribution in [1.29, 1.82) is 0 Å². The molecule has 0 bridgehead atoms. The van der Waals surface area contributed by atoms with E-state index in [0.717, 1.165) is 24.0 Å². The van der Waals surface area contributed by atoms with Crippen molar-refractivity contribution >= 4 is 15.9 Å². The Morgan fingerprint density at radius 3 is 2.47 bits per heavy atom. The lowest BCUT2D eigenvalue weighted by Crippen LogP contribution is -2.46. The molecule has 1 saturated heterocycles. The lowest BCUT2D eigenvalue weighted by molar-refractivity contribution is -0.122. The normalized spacial score (nSPS) is 17.0. The average molecular weight is 461 g/mol. The Bertz CT molecular complexity index is 1020. The second kappa shape index (κ2) is 10.8. The number of nitrogens with zero attached hydrogens (tertiary/aromatic N) is 1. The zero-order valence-electron chi connectivity index (χ0n) is 19.0. The van der Waals surface area contributed by atoms with Crippen molar-refractivity contribution in [3.63, 3.8) is 0 Å². The second-order valence-electron chi connectivity index (χ2n) is 8.07. The van der Waals surface area contributed by atoms with Gasteiger partial charge in [-0.05, 0) is 56.0 Å². The fourth-order valence-electron chi connectivity index (χ4n) is 4.01. The first-order valence-corrected chi connectivity index (χ1v) is 12.3. The van der Waals surface area contributed by atoms with E-state index in [1.807, 2.05) is 25.1 Å². The van der Waals surface area contributed by atoms with Crippen molar-refractivity contribution < 1.29 is 22.7 Å². The van der Waals surface area contributed by atoms with Crippen LogP contribution in [0.2, 0.25) is 0 Å². The molecule has 2 aromatic carbocycles. The number of benzene rings is 2. The van der Waals surface area contributed by atoms with Crippen LogP contribution in [0.25, 0.3) is 0 Å². The maximum atomic E-state index is 13.2. The third-order valence-corrected chi connectivity index (χ3v) is 7.77.